The second-order valence-corrected chi connectivity index (χ2v) is 3.84. The second kappa shape index (κ2) is 5.07. The highest BCUT2D eigenvalue weighted by Crippen LogP contribution is 2.20. The molecule has 0 fully saturated rings. The molecule has 1 unspecified atom stereocenters. The molecule has 0 aliphatic rings. The number of hydrogen-bond donors (Lipinski definition) is 2. The van der Waals surface area contributed by atoms with E-state index >= 15 is 0 Å². The molecule has 2 rings (SSSR count). The molecule has 1 heterocycles. The van der Waals surface area contributed by atoms with Crippen LogP contribution in [-0.4, -0.2) is 21.3 Å². The maximum atomic E-state index is 9.83. The van der Waals surface area contributed by atoms with Crippen LogP contribution in [0, 0.1) is 0 Å². The molecule has 0 aliphatic heterocycles. The standard InChI is InChI=1S/C12H15N3O2/c1-2-9(13)10(16)12-14-11(15-17-12)8-6-4-3-5-7-8/h3-7,9-10,16H,2,13H2,1H3/t9-,10?/m0/s1. The number of aliphatic hydroxyl groups excluding tert-OH is 1. The Labute approximate surface area is 99.3 Å². The predicted octanol–water partition coefficient (Wildman–Crippen LogP) is 1.51. The van der Waals surface area contributed by atoms with Crippen molar-refractivity contribution in [2.45, 2.75) is 25.5 Å². The minimum Gasteiger partial charge on any atom is -0.382 e. The van der Waals surface area contributed by atoms with Crippen LogP contribution in [0.4, 0.5) is 0 Å². The van der Waals surface area contributed by atoms with E-state index in [0.29, 0.717) is 12.2 Å². The fourth-order valence-electron chi connectivity index (χ4n) is 1.47. The summed E-state index contributed by atoms with van der Waals surface area (Å²) in [7, 11) is 0. The zero-order valence-corrected chi connectivity index (χ0v) is 9.58. The van der Waals surface area contributed by atoms with E-state index in [1.54, 1.807) is 0 Å². The van der Waals surface area contributed by atoms with Gasteiger partial charge in [-0.3, -0.25) is 0 Å². The fraction of sp³-hybridized carbons (Fsp3) is 0.333. The van der Waals surface area contributed by atoms with E-state index in [0.717, 1.165) is 5.56 Å². The van der Waals surface area contributed by atoms with Crippen molar-refractivity contribution in [2.75, 3.05) is 0 Å². The van der Waals surface area contributed by atoms with Crippen molar-refractivity contribution in [3.8, 4) is 11.4 Å². The molecule has 0 radical (unpaired) electrons. The Bertz CT molecular complexity index is 470. The smallest absolute Gasteiger partial charge is 0.257 e. The van der Waals surface area contributed by atoms with Gasteiger partial charge in [0.1, 0.15) is 6.10 Å². The predicted molar refractivity (Wildman–Crippen MR) is 63.0 cm³/mol. The summed E-state index contributed by atoms with van der Waals surface area (Å²) in [5.41, 5.74) is 6.57. The molecule has 3 N–H and O–H groups in total. The van der Waals surface area contributed by atoms with Gasteiger partial charge in [0.2, 0.25) is 5.82 Å². The summed E-state index contributed by atoms with van der Waals surface area (Å²) in [4.78, 5) is 4.14. The number of hydrogen-bond acceptors (Lipinski definition) is 5. The van der Waals surface area contributed by atoms with Crippen molar-refractivity contribution in [3.63, 3.8) is 0 Å². The van der Waals surface area contributed by atoms with Crippen LogP contribution in [0.15, 0.2) is 34.9 Å². The van der Waals surface area contributed by atoms with Crippen LogP contribution in [0.5, 0.6) is 0 Å². The molecular formula is C12H15N3O2. The van der Waals surface area contributed by atoms with Gasteiger partial charge in [0.05, 0.1) is 0 Å². The normalized spacial score (nSPS) is 14.5. The molecule has 0 saturated carbocycles. The van der Waals surface area contributed by atoms with E-state index in [2.05, 4.69) is 10.1 Å². The molecule has 5 nitrogen and oxygen atoms in total. The Morgan fingerprint density at radius 1 is 1.35 bits per heavy atom. The molecule has 2 atom stereocenters. The van der Waals surface area contributed by atoms with Crippen molar-refractivity contribution in [3.05, 3.63) is 36.2 Å². The lowest BCUT2D eigenvalue weighted by atomic mass is 10.1. The lowest BCUT2D eigenvalue weighted by molar-refractivity contribution is 0.105. The fourth-order valence-corrected chi connectivity index (χ4v) is 1.47. The molecule has 17 heavy (non-hydrogen) atoms. The third-order valence-electron chi connectivity index (χ3n) is 2.60. The maximum absolute atomic E-state index is 9.83. The number of aliphatic hydroxyl groups is 1. The van der Waals surface area contributed by atoms with Crippen LogP contribution in [0.1, 0.15) is 25.3 Å². The highest BCUT2D eigenvalue weighted by atomic mass is 16.5. The molecule has 1 aromatic carbocycles. The number of nitrogens with zero attached hydrogens (tertiary/aromatic N) is 2. The molecule has 5 heteroatoms. The van der Waals surface area contributed by atoms with E-state index < -0.39 is 6.10 Å². The van der Waals surface area contributed by atoms with Crippen molar-refractivity contribution >= 4 is 0 Å². The van der Waals surface area contributed by atoms with Crippen molar-refractivity contribution in [1.82, 2.24) is 10.1 Å². The monoisotopic (exact) mass is 233 g/mol. The van der Waals surface area contributed by atoms with Gasteiger partial charge in [0.25, 0.3) is 5.89 Å². The first-order chi connectivity index (χ1) is 8.22. The molecule has 90 valence electrons. The van der Waals surface area contributed by atoms with Gasteiger partial charge in [-0.05, 0) is 6.42 Å². The van der Waals surface area contributed by atoms with Gasteiger partial charge in [-0.15, -0.1) is 0 Å². The molecule has 0 aliphatic carbocycles. The molecule has 0 spiro atoms. The number of aromatic nitrogens is 2. The van der Waals surface area contributed by atoms with Crippen LogP contribution in [-0.2, 0) is 0 Å². The Hall–Kier alpha value is -1.72. The van der Waals surface area contributed by atoms with E-state index in [-0.39, 0.29) is 11.9 Å². The molecule has 0 saturated heterocycles. The third-order valence-corrected chi connectivity index (χ3v) is 2.60. The molecular weight excluding hydrogens is 218 g/mol. The number of rotatable bonds is 4. The first kappa shape index (κ1) is 11.8. The highest BCUT2D eigenvalue weighted by molar-refractivity contribution is 5.53. The Morgan fingerprint density at radius 3 is 2.71 bits per heavy atom. The summed E-state index contributed by atoms with van der Waals surface area (Å²) in [6.07, 6.45) is -0.269. The molecule has 0 bridgehead atoms. The van der Waals surface area contributed by atoms with Gasteiger partial charge in [0.15, 0.2) is 0 Å². The SMILES string of the molecule is CC[C@H](N)C(O)c1nc(-c2ccccc2)no1. The molecule has 0 amide bonds. The summed E-state index contributed by atoms with van der Waals surface area (Å²) >= 11 is 0. The van der Waals surface area contributed by atoms with Gasteiger partial charge >= 0.3 is 0 Å². The molecule has 2 aromatic rings. The number of benzene rings is 1. The topological polar surface area (TPSA) is 85.2 Å². The Morgan fingerprint density at radius 2 is 2.06 bits per heavy atom. The summed E-state index contributed by atoms with van der Waals surface area (Å²) < 4.78 is 5.01. The minimum atomic E-state index is -0.912. The summed E-state index contributed by atoms with van der Waals surface area (Å²) in [5, 5.41) is 13.7. The Kier molecular flexibility index (Phi) is 3.51. The van der Waals surface area contributed by atoms with Gasteiger partial charge < -0.3 is 15.4 Å². The summed E-state index contributed by atoms with van der Waals surface area (Å²) in [6, 6.07) is 9.05. The second-order valence-electron chi connectivity index (χ2n) is 3.84. The van der Waals surface area contributed by atoms with Crippen molar-refractivity contribution in [1.29, 1.82) is 0 Å². The van der Waals surface area contributed by atoms with Crippen LogP contribution in [0.3, 0.4) is 0 Å². The maximum Gasteiger partial charge on any atom is 0.257 e. The average molecular weight is 233 g/mol. The van der Waals surface area contributed by atoms with E-state index in [1.807, 2.05) is 37.3 Å². The largest absolute Gasteiger partial charge is 0.382 e. The van der Waals surface area contributed by atoms with E-state index in [1.165, 1.54) is 0 Å². The molecule has 1 aromatic heterocycles. The minimum absolute atomic E-state index is 0.165. The lowest BCUT2D eigenvalue weighted by Crippen LogP contribution is -2.27. The highest BCUT2D eigenvalue weighted by Gasteiger charge is 2.22. The Balaban J connectivity index is 2.22. The van der Waals surface area contributed by atoms with E-state index in [4.69, 9.17) is 10.3 Å². The van der Waals surface area contributed by atoms with Crippen molar-refractivity contribution < 1.29 is 9.63 Å². The van der Waals surface area contributed by atoms with Crippen molar-refractivity contribution in [2.24, 2.45) is 5.73 Å². The average Bonchev–Trinajstić information content (AvgIpc) is 2.87. The van der Waals surface area contributed by atoms with E-state index in [9.17, 15) is 5.11 Å². The van der Waals surface area contributed by atoms with Gasteiger partial charge in [0, 0.05) is 11.6 Å². The quantitative estimate of drug-likeness (QED) is 0.836. The van der Waals surface area contributed by atoms with Gasteiger partial charge in [-0.25, -0.2) is 0 Å². The van der Waals surface area contributed by atoms with Crippen LogP contribution >= 0.6 is 0 Å². The van der Waals surface area contributed by atoms with Crippen LogP contribution < -0.4 is 5.73 Å². The summed E-state index contributed by atoms with van der Waals surface area (Å²) in [6.45, 7) is 1.89. The first-order valence-corrected chi connectivity index (χ1v) is 5.55. The lowest BCUT2D eigenvalue weighted by Gasteiger charge is -2.11. The van der Waals surface area contributed by atoms with Crippen LogP contribution in [0.2, 0.25) is 0 Å². The summed E-state index contributed by atoms with van der Waals surface area (Å²) in [5.74, 6) is 0.626. The number of nitrogens with two attached hydrogens (primary N) is 1. The van der Waals surface area contributed by atoms with Gasteiger partial charge in [-0.2, -0.15) is 4.98 Å². The first-order valence-electron chi connectivity index (χ1n) is 5.55. The zero-order valence-electron chi connectivity index (χ0n) is 9.58. The third kappa shape index (κ3) is 2.51. The van der Waals surface area contributed by atoms with Gasteiger partial charge in [-0.1, -0.05) is 42.4 Å². The zero-order chi connectivity index (χ0) is 12.3. The van der Waals surface area contributed by atoms with Crippen LogP contribution in [0.25, 0.3) is 11.4 Å².